The van der Waals surface area contributed by atoms with Crippen molar-refractivity contribution in [1.82, 2.24) is 4.57 Å². The van der Waals surface area contributed by atoms with E-state index in [1.807, 2.05) is 0 Å². The van der Waals surface area contributed by atoms with Gasteiger partial charge in [0.2, 0.25) is 0 Å². The molecule has 0 amide bonds. The largest absolute Gasteiger partial charge is 0.455 e. The Hall–Kier alpha value is -5.86. The molecule has 2 aromatic heterocycles. The van der Waals surface area contributed by atoms with Gasteiger partial charge in [-0.15, -0.1) is 0 Å². The molecular weight excluding hydrogens is 571 g/mol. The minimum absolute atomic E-state index is 0.0898. The lowest BCUT2D eigenvalue weighted by Crippen LogP contribution is -2.14. The topological polar surface area (TPSA) is 18.1 Å². The van der Waals surface area contributed by atoms with Gasteiger partial charge in [-0.2, -0.15) is 0 Å². The Morgan fingerprint density at radius 3 is 2.00 bits per heavy atom. The fourth-order valence-corrected chi connectivity index (χ4v) is 8.13. The van der Waals surface area contributed by atoms with E-state index in [1.54, 1.807) is 0 Å². The second-order valence-corrected chi connectivity index (χ2v) is 13.3. The van der Waals surface area contributed by atoms with Crippen molar-refractivity contribution in [3.05, 3.63) is 163 Å². The third-order valence-electron chi connectivity index (χ3n) is 10.4. The number of furan rings is 1. The lowest BCUT2D eigenvalue weighted by Gasteiger charge is -2.22. The molecule has 1 aliphatic rings. The van der Waals surface area contributed by atoms with Crippen LogP contribution in [0, 0.1) is 0 Å². The third-order valence-corrected chi connectivity index (χ3v) is 10.4. The second-order valence-electron chi connectivity index (χ2n) is 13.3. The SMILES string of the molecule is CC1(C)c2ccccc2-c2ccc(-c3cc4c5ccccc5oc4c4c5ccccc5n(-c5ccc(-c6ccccc6)cc5)c34)cc21. The Bertz CT molecular complexity index is 2690. The molecule has 0 radical (unpaired) electrons. The van der Waals surface area contributed by atoms with Crippen molar-refractivity contribution in [3.63, 3.8) is 0 Å². The highest BCUT2D eigenvalue weighted by atomic mass is 16.3. The van der Waals surface area contributed by atoms with Crippen molar-refractivity contribution in [2.75, 3.05) is 0 Å². The molecule has 2 nitrogen and oxygen atoms in total. The minimum atomic E-state index is -0.0898. The molecule has 222 valence electrons. The summed E-state index contributed by atoms with van der Waals surface area (Å²) in [5.74, 6) is 0. The van der Waals surface area contributed by atoms with Crippen LogP contribution in [-0.4, -0.2) is 4.57 Å². The van der Waals surface area contributed by atoms with Gasteiger partial charge in [-0.05, 0) is 75.3 Å². The number of hydrogen-bond donors (Lipinski definition) is 0. The Labute approximate surface area is 273 Å². The molecule has 0 bridgehead atoms. The van der Waals surface area contributed by atoms with Crippen LogP contribution in [0.2, 0.25) is 0 Å². The molecule has 0 atom stereocenters. The molecule has 0 saturated heterocycles. The molecule has 0 aliphatic heterocycles. The number of nitrogens with zero attached hydrogens (tertiary/aromatic N) is 1. The number of rotatable bonds is 3. The van der Waals surface area contributed by atoms with Crippen LogP contribution in [0.3, 0.4) is 0 Å². The maximum absolute atomic E-state index is 6.73. The zero-order valence-corrected chi connectivity index (χ0v) is 26.3. The predicted molar refractivity (Wildman–Crippen MR) is 196 cm³/mol. The van der Waals surface area contributed by atoms with E-state index < -0.39 is 0 Å². The van der Waals surface area contributed by atoms with Gasteiger partial charge in [0.05, 0.1) is 16.4 Å². The van der Waals surface area contributed by atoms with Crippen molar-refractivity contribution in [2.24, 2.45) is 0 Å². The number of fused-ring (bicyclic) bond motifs is 10. The van der Waals surface area contributed by atoms with Gasteiger partial charge in [0.1, 0.15) is 11.2 Å². The van der Waals surface area contributed by atoms with E-state index in [2.05, 4.69) is 170 Å². The molecule has 7 aromatic carbocycles. The zero-order valence-electron chi connectivity index (χ0n) is 26.3. The van der Waals surface area contributed by atoms with Crippen molar-refractivity contribution < 1.29 is 4.42 Å². The summed E-state index contributed by atoms with van der Waals surface area (Å²) in [6.07, 6.45) is 0. The van der Waals surface area contributed by atoms with Gasteiger partial charge in [-0.25, -0.2) is 0 Å². The van der Waals surface area contributed by atoms with Gasteiger partial charge in [-0.3, -0.25) is 0 Å². The Morgan fingerprint density at radius 1 is 0.489 bits per heavy atom. The van der Waals surface area contributed by atoms with Gasteiger partial charge in [0.25, 0.3) is 0 Å². The van der Waals surface area contributed by atoms with Crippen molar-refractivity contribution in [1.29, 1.82) is 0 Å². The zero-order chi connectivity index (χ0) is 31.3. The van der Waals surface area contributed by atoms with Gasteiger partial charge in [-0.1, -0.05) is 129 Å². The second kappa shape index (κ2) is 9.57. The number of benzene rings is 7. The molecule has 2 heterocycles. The van der Waals surface area contributed by atoms with Crippen LogP contribution in [0.4, 0.5) is 0 Å². The quantitative estimate of drug-likeness (QED) is 0.197. The monoisotopic (exact) mass is 601 g/mol. The van der Waals surface area contributed by atoms with Crippen LogP contribution < -0.4 is 0 Å². The maximum atomic E-state index is 6.73. The van der Waals surface area contributed by atoms with E-state index in [-0.39, 0.29) is 5.41 Å². The van der Waals surface area contributed by atoms with Gasteiger partial charge in [0, 0.05) is 32.8 Å². The van der Waals surface area contributed by atoms with Gasteiger partial charge >= 0.3 is 0 Å². The molecule has 0 spiro atoms. The summed E-state index contributed by atoms with van der Waals surface area (Å²) in [7, 11) is 0. The summed E-state index contributed by atoms with van der Waals surface area (Å²) in [5.41, 5.74) is 15.5. The predicted octanol–water partition coefficient (Wildman–Crippen LogP) is 12.3. The smallest absolute Gasteiger partial charge is 0.145 e. The first kappa shape index (κ1) is 26.4. The average molecular weight is 602 g/mol. The fraction of sp³-hybridized carbons (Fsp3) is 0.0667. The minimum Gasteiger partial charge on any atom is -0.455 e. The highest BCUT2D eigenvalue weighted by Gasteiger charge is 2.35. The first-order chi connectivity index (χ1) is 23.1. The molecule has 0 unspecified atom stereocenters. The summed E-state index contributed by atoms with van der Waals surface area (Å²) >= 11 is 0. The molecule has 10 rings (SSSR count). The first-order valence-electron chi connectivity index (χ1n) is 16.4. The summed E-state index contributed by atoms with van der Waals surface area (Å²) < 4.78 is 9.17. The summed E-state index contributed by atoms with van der Waals surface area (Å²) in [5, 5.41) is 4.63. The molecule has 9 aromatic rings. The lowest BCUT2D eigenvalue weighted by molar-refractivity contribution is 0.660. The van der Waals surface area contributed by atoms with Crippen molar-refractivity contribution in [3.8, 4) is 39.1 Å². The van der Waals surface area contributed by atoms with Crippen LogP contribution >= 0.6 is 0 Å². The fourth-order valence-electron chi connectivity index (χ4n) is 8.13. The van der Waals surface area contributed by atoms with Gasteiger partial charge < -0.3 is 8.98 Å². The van der Waals surface area contributed by atoms with E-state index in [0.29, 0.717) is 0 Å². The average Bonchev–Trinajstić information content (AvgIpc) is 3.74. The van der Waals surface area contributed by atoms with Crippen LogP contribution in [0.5, 0.6) is 0 Å². The Balaban J connectivity index is 1.31. The highest BCUT2D eigenvalue weighted by Crippen LogP contribution is 2.51. The summed E-state index contributed by atoms with van der Waals surface area (Å²) in [4.78, 5) is 0. The van der Waals surface area contributed by atoms with Crippen LogP contribution in [0.15, 0.2) is 156 Å². The number of para-hydroxylation sites is 2. The van der Waals surface area contributed by atoms with E-state index in [4.69, 9.17) is 4.42 Å². The van der Waals surface area contributed by atoms with Crippen LogP contribution in [0.25, 0.3) is 82.8 Å². The van der Waals surface area contributed by atoms with Gasteiger partial charge in [0.15, 0.2) is 0 Å². The van der Waals surface area contributed by atoms with Crippen LogP contribution in [-0.2, 0) is 5.41 Å². The standard InChI is InChI=1S/C45H31NO/c1-45(2)38-17-9-6-14-32(38)33-25-22-30(26-39(33)45)36-27-37-34-15-8-11-19-41(34)47-44(37)42-35-16-7-10-18-40(35)46(43(36)42)31-23-20-29(21-24-31)28-12-4-3-5-13-28/h3-27H,1-2H3. The molecule has 47 heavy (non-hydrogen) atoms. The molecule has 0 fully saturated rings. The van der Waals surface area contributed by atoms with E-state index in [1.165, 1.54) is 55.4 Å². The molecule has 1 aliphatic carbocycles. The van der Waals surface area contributed by atoms with Crippen molar-refractivity contribution >= 4 is 43.7 Å². The van der Waals surface area contributed by atoms with E-state index >= 15 is 0 Å². The van der Waals surface area contributed by atoms with E-state index in [9.17, 15) is 0 Å². The Morgan fingerprint density at radius 2 is 1.15 bits per heavy atom. The first-order valence-corrected chi connectivity index (χ1v) is 16.4. The molecule has 0 N–H and O–H groups in total. The summed E-state index contributed by atoms with van der Waals surface area (Å²) in [6.45, 7) is 4.71. The number of hydrogen-bond acceptors (Lipinski definition) is 1. The van der Waals surface area contributed by atoms with Crippen molar-refractivity contribution in [2.45, 2.75) is 19.3 Å². The highest BCUT2D eigenvalue weighted by molar-refractivity contribution is 6.27. The number of aromatic nitrogens is 1. The summed E-state index contributed by atoms with van der Waals surface area (Å²) in [6, 6.07) is 55.1. The normalized spacial score (nSPS) is 13.5. The lowest BCUT2D eigenvalue weighted by atomic mass is 9.81. The Kier molecular flexibility index (Phi) is 5.37. The van der Waals surface area contributed by atoms with E-state index in [0.717, 1.165) is 38.5 Å². The maximum Gasteiger partial charge on any atom is 0.145 e. The molecule has 0 saturated carbocycles. The molecular formula is C45H31NO. The third kappa shape index (κ3) is 3.67. The van der Waals surface area contributed by atoms with Crippen LogP contribution in [0.1, 0.15) is 25.0 Å². The molecule has 2 heteroatoms.